The summed E-state index contributed by atoms with van der Waals surface area (Å²) in [5.74, 6) is -0.630. The summed E-state index contributed by atoms with van der Waals surface area (Å²) in [6, 6.07) is 18.4. The van der Waals surface area contributed by atoms with Crippen LogP contribution in [0.15, 0.2) is 77.7 Å². The highest BCUT2D eigenvalue weighted by molar-refractivity contribution is 7.92. The molecule has 29 heavy (non-hydrogen) atoms. The Kier molecular flexibility index (Phi) is 6.00. The highest BCUT2D eigenvalue weighted by atomic mass is 35.5. The zero-order valence-corrected chi connectivity index (χ0v) is 16.9. The predicted octanol–water partition coefficient (Wildman–Crippen LogP) is 4.60. The Balaban J connectivity index is 1.82. The number of Topliss-reactive ketones (excluding diaryl/α,β-unsaturated/α-hetero) is 1. The molecule has 0 saturated heterocycles. The van der Waals surface area contributed by atoms with E-state index in [1.807, 2.05) is 0 Å². The molecule has 0 aliphatic rings. The number of amides is 1. The van der Waals surface area contributed by atoms with Crippen molar-refractivity contribution in [3.63, 3.8) is 0 Å². The quantitative estimate of drug-likeness (QED) is 0.561. The molecule has 0 aliphatic heterocycles. The number of carbonyl (C=O) groups is 2. The van der Waals surface area contributed by atoms with E-state index in [1.165, 1.54) is 37.3 Å². The summed E-state index contributed by atoms with van der Waals surface area (Å²) in [6.07, 6.45) is 0. The van der Waals surface area contributed by atoms with Crippen LogP contribution in [0.2, 0.25) is 5.02 Å². The van der Waals surface area contributed by atoms with E-state index in [2.05, 4.69) is 10.0 Å². The summed E-state index contributed by atoms with van der Waals surface area (Å²) >= 11 is 5.82. The molecule has 0 atom stereocenters. The van der Waals surface area contributed by atoms with Gasteiger partial charge in [-0.1, -0.05) is 29.8 Å². The Morgan fingerprint density at radius 2 is 1.48 bits per heavy atom. The van der Waals surface area contributed by atoms with Crippen LogP contribution < -0.4 is 10.0 Å². The van der Waals surface area contributed by atoms with Gasteiger partial charge in [0.25, 0.3) is 15.9 Å². The minimum absolute atomic E-state index is 0.0746. The van der Waals surface area contributed by atoms with Crippen molar-refractivity contribution in [2.75, 3.05) is 10.0 Å². The minimum atomic E-state index is -3.95. The largest absolute Gasteiger partial charge is 0.322 e. The summed E-state index contributed by atoms with van der Waals surface area (Å²) < 4.78 is 27.8. The van der Waals surface area contributed by atoms with E-state index in [-0.39, 0.29) is 21.9 Å². The maximum atomic E-state index is 12.7. The number of benzene rings is 3. The fourth-order valence-corrected chi connectivity index (χ4v) is 3.78. The van der Waals surface area contributed by atoms with Crippen LogP contribution in [0.3, 0.4) is 0 Å². The lowest BCUT2D eigenvalue weighted by Gasteiger charge is -2.10. The highest BCUT2D eigenvalue weighted by Gasteiger charge is 2.17. The first-order chi connectivity index (χ1) is 13.7. The number of hydrogen-bond acceptors (Lipinski definition) is 4. The Bertz CT molecular complexity index is 1180. The lowest BCUT2D eigenvalue weighted by Crippen LogP contribution is -2.16. The first-order valence-corrected chi connectivity index (χ1v) is 10.4. The van der Waals surface area contributed by atoms with E-state index < -0.39 is 15.9 Å². The molecule has 6 nitrogen and oxygen atoms in total. The number of nitrogens with one attached hydrogen (secondary N) is 2. The molecule has 3 aromatic rings. The number of ketones is 1. The molecule has 2 N–H and O–H groups in total. The lowest BCUT2D eigenvalue weighted by atomic mass is 10.1. The number of anilines is 2. The van der Waals surface area contributed by atoms with Gasteiger partial charge in [-0.05, 0) is 61.5 Å². The second-order valence-corrected chi connectivity index (χ2v) is 8.35. The molecule has 0 aromatic heterocycles. The van der Waals surface area contributed by atoms with E-state index in [4.69, 9.17) is 11.6 Å². The minimum Gasteiger partial charge on any atom is -0.322 e. The van der Waals surface area contributed by atoms with Crippen LogP contribution >= 0.6 is 11.6 Å². The zero-order chi connectivity index (χ0) is 21.0. The van der Waals surface area contributed by atoms with Gasteiger partial charge in [0.1, 0.15) is 0 Å². The van der Waals surface area contributed by atoms with Crippen LogP contribution in [-0.4, -0.2) is 20.1 Å². The number of carbonyl (C=O) groups excluding carboxylic acids is 2. The van der Waals surface area contributed by atoms with Crippen LogP contribution in [0.1, 0.15) is 27.6 Å². The number of sulfonamides is 1. The van der Waals surface area contributed by atoms with Gasteiger partial charge < -0.3 is 5.32 Å². The zero-order valence-electron chi connectivity index (χ0n) is 15.3. The van der Waals surface area contributed by atoms with Gasteiger partial charge in [-0.2, -0.15) is 0 Å². The number of hydrogen-bond donors (Lipinski definition) is 2. The van der Waals surface area contributed by atoms with Crippen molar-refractivity contribution >= 4 is 44.7 Å². The molecule has 3 rings (SSSR count). The van der Waals surface area contributed by atoms with Gasteiger partial charge in [-0.15, -0.1) is 0 Å². The molecule has 0 unspecified atom stereocenters. The Hall–Kier alpha value is -3.16. The third kappa shape index (κ3) is 5.22. The van der Waals surface area contributed by atoms with Crippen molar-refractivity contribution in [3.8, 4) is 0 Å². The molecule has 0 spiro atoms. The third-order valence-electron chi connectivity index (χ3n) is 4.03. The molecule has 0 bridgehead atoms. The lowest BCUT2D eigenvalue weighted by molar-refractivity contribution is 0.101. The van der Waals surface area contributed by atoms with E-state index in [9.17, 15) is 18.0 Å². The summed E-state index contributed by atoms with van der Waals surface area (Å²) in [5.41, 5.74) is 1.36. The van der Waals surface area contributed by atoms with E-state index in [0.717, 1.165) is 0 Å². The second-order valence-electron chi connectivity index (χ2n) is 6.23. The molecule has 0 saturated carbocycles. The fraction of sp³-hybridized carbons (Fsp3) is 0.0476. The summed E-state index contributed by atoms with van der Waals surface area (Å²) in [7, 11) is -3.95. The first-order valence-electron chi connectivity index (χ1n) is 8.55. The Labute approximate surface area is 173 Å². The van der Waals surface area contributed by atoms with Crippen molar-refractivity contribution in [2.45, 2.75) is 11.8 Å². The van der Waals surface area contributed by atoms with Gasteiger partial charge >= 0.3 is 0 Å². The van der Waals surface area contributed by atoms with E-state index in [0.29, 0.717) is 16.3 Å². The van der Waals surface area contributed by atoms with Gasteiger partial charge in [0.2, 0.25) is 0 Å². The smallest absolute Gasteiger partial charge is 0.261 e. The molecule has 0 heterocycles. The fourth-order valence-electron chi connectivity index (χ4n) is 2.56. The molecule has 0 radical (unpaired) electrons. The Morgan fingerprint density at radius 3 is 2.17 bits per heavy atom. The molecular formula is C21H17ClN2O4S. The van der Waals surface area contributed by atoms with Crippen LogP contribution in [0, 0.1) is 0 Å². The first kappa shape index (κ1) is 20.6. The monoisotopic (exact) mass is 428 g/mol. The van der Waals surface area contributed by atoms with Crippen LogP contribution in [-0.2, 0) is 10.0 Å². The van der Waals surface area contributed by atoms with Gasteiger partial charge in [-0.3, -0.25) is 14.3 Å². The Morgan fingerprint density at radius 1 is 0.828 bits per heavy atom. The van der Waals surface area contributed by atoms with Gasteiger partial charge in [0, 0.05) is 27.5 Å². The summed E-state index contributed by atoms with van der Waals surface area (Å²) in [4.78, 5) is 23.9. The third-order valence-corrected chi connectivity index (χ3v) is 5.66. The van der Waals surface area contributed by atoms with Gasteiger partial charge in [0.05, 0.1) is 4.90 Å². The molecule has 1 amide bonds. The maximum absolute atomic E-state index is 12.7. The number of rotatable bonds is 6. The van der Waals surface area contributed by atoms with Crippen molar-refractivity contribution in [1.82, 2.24) is 0 Å². The highest BCUT2D eigenvalue weighted by Crippen LogP contribution is 2.20. The van der Waals surface area contributed by atoms with Crippen molar-refractivity contribution in [2.24, 2.45) is 0 Å². The average molecular weight is 429 g/mol. The van der Waals surface area contributed by atoms with E-state index >= 15 is 0 Å². The van der Waals surface area contributed by atoms with Crippen molar-refractivity contribution in [3.05, 3.63) is 88.9 Å². The van der Waals surface area contributed by atoms with Crippen LogP contribution in [0.5, 0.6) is 0 Å². The van der Waals surface area contributed by atoms with Crippen molar-refractivity contribution in [1.29, 1.82) is 0 Å². The van der Waals surface area contributed by atoms with Gasteiger partial charge in [0.15, 0.2) is 5.78 Å². The number of halogens is 1. The van der Waals surface area contributed by atoms with Crippen molar-refractivity contribution < 1.29 is 18.0 Å². The molecule has 8 heteroatoms. The summed E-state index contributed by atoms with van der Waals surface area (Å²) in [6.45, 7) is 1.40. The predicted molar refractivity (Wildman–Crippen MR) is 113 cm³/mol. The standard InChI is InChI=1S/C21H17ClN2O4S/c1-14(25)15-4-2-6-19(12-15)24-29(27,28)20-7-3-5-16(13-20)21(26)23-18-10-8-17(22)9-11-18/h2-13,24H,1H3,(H,23,26). The maximum Gasteiger partial charge on any atom is 0.261 e. The SMILES string of the molecule is CC(=O)c1cccc(NS(=O)(=O)c2cccc(C(=O)Nc3ccc(Cl)cc3)c2)c1. The molecular weight excluding hydrogens is 412 g/mol. The topological polar surface area (TPSA) is 92.3 Å². The van der Waals surface area contributed by atoms with Crippen LogP contribution in [0.4, 0.5) is 11.4 Å². The molecule has 0 fully saturated rings. The molecule has 0 aliphatic carbocycles. The second kappa shape index (κ2) is 8.46. The molecule has 148 valence electrons. The normalized spacial score (nSPS) is 11.0. The van der Waals surface area contributed by atoms with Gasteiger partial charge in [-0.25, -0.2) is 8.42 Å². The molecule has 3 aromatic carbocycles. The van der Waals surface area contributed by atoms with E-state index in [1.54, 1.807) is 42.5 Å². The summed E-state index contributed by atoms with van der Waals surface area (Å²) in [5, 5.41) is 3.22. The average Bonchev–Trinajstić information content (AvgIpc) is 2.69. The van der Waals surface area contributed by atoms with Crippen LogP contribution in [0.25, 0.3) is 0 Å².